The van der Waals surface area contributed by atoms with Crippen molar-refractivity contribution in [3.63, 3.8) is 0 Å². The molecule has 2 N–H and O–H groups in total. The molecule has 1 aliphatic rings. The number of carbonyl (C=O) groups excluding carboxylic acids is 1. The van der Waals surface area contributed by atoms with Crippen LogP contribution in [0.2, 0.25) is 0 Å². The van der Waals surface area contributed by atoms with E-state index in [9.17, 15) is 9.90 Å². The molecule has 150 valence electrons. The van der Waals surface area contributed by atoms with E-state index in [-0.39, 0.29) is 12.5 Å². The fraction of sp³-hybridized carbons (Fsp3) is 0.160. The molecule has 1 unspecified atom stereocenters. The lowest BCUT2D eigenvalue weighted by molar-refractivity contribution is -0.123. The first-order chi connectivity index (χ1) is 14.5. The molecule has 2 heterocycles. The Morgan fingerprint density at radius 2 is 1.60 bits per heavy atom. The number of amides is 1. The molecule has 0 saturated heterocycles. The highest BCUT2D eigenvalue weighted by Gasteiger charge is 2.34. The van der Waals surface area contributed by atoms with Gasteiger partial charge in [-0.2, -0.15) is 0 Å². The zero-order valence-electron chi connectivity index (χ0n) is 16.5. The Hall–Kier alpha value is -3.15. The molecule has 3 aromatic carbocycles. The summed E-state index contributed by atoms with van der Waals surface area (Å²) in [5, 5.41) is 15.2. The van der Waals surface area contributed by atoms with Gasteiger partial charge in [0, 0.05) is 20.7 Å². The van der Waals surface area contributed by atoms with Crippen molar-refractivity contribution >= 4 is 27.3 Å². The van der Waals surface area contributed by atoms with Crippen LogP contribution in [0.25, 0.3) is 10.1 Å². The van der Waals surface area contributed by atoms with Gasteiger partial charge in [-0.15, -0.1) is 11.3 Å². The Kier molecular flexibility index (Phi) is 4.57. The Morgan fingerprint density at radius 1 is 1.00 bits per heavy atom. The summed E-state index contributed by atoms with van der Waals surface area (Å²) >= 11 is 1.55. The highest BCUT2D eigenvalue weighted by atomic mass is 32.1. The summed E-state index contributed by atoms with van der Waals surface area (Å²) in [7, 11) is 0. The van der Waals surface area contributed by atoms with Gasteiger partial charge in [0.15, 0.2) is 0 Å². The van der Waals surface area contributed by atoms with Gasteiger partial charge in [-0.25, -0.2) is 0 Å². The summed E-state index contributed by atoms with van der Waals surface area (Å²) in [5.41, 5.74) is 0.495. The smallest absolute Gasteiger partial charge is 0.232 e. The quantitative estimate of drug-likeness (QED) is 0.484. The predicted octanol–water partition coefficient (Wildman–Crippen LogP) is 5.16. The molecule has 0 radical (unpaired) electrons. The molecule has 1 aliphatic heterocycles. The zero-order chi connectivity index (χ0) is 20.7. The third-order valence-corrected chi connectivity index (χ3v) is 6.87. The van der Waals surface area contributed by atoms with Gasteiger partial charge in [-0.1, -0.05) is 54.6 Å². The van der Waals surface area contributed by atoms with Crippen LogP contribution < -0.4 is 10.1 Å². The highest BCUT2D eigenvalue weighted by molar-refractivity contribution is 7.19. The lowest BCUT2D eigenvalue weighted by Crippen LogP contribution is -2.40. The second-order valence-corrected chi connectivity index (χ2v) is 8.83. The first-order valence-electron chi connectivity index (χ1n) is 9.88. The second kappa shape index (κ2) is 7.27. The number of nitrogens with one attached hydrogen (secondary N) is 1. The SMILES string of the molecule is CC(O)(CNC(=O)C1c2ccccc2Oc2ccccc21)c1cc2ccccc2s1. The normalized spacial score (nSPS) is 15.0. The number of aliphatic hydroxyl groups is 1. The van der Waals surface area contributed by atoms with Gasteiger partial charge in [0.2, 0.25) is 5.91 Å². The van der Waals surface area contributed by atoms with Crippen molar-refractivity contribution in [1.82, 2.24) is 5.32 Å². The maximum atomic E-state index is 13.3. The van der Waals surface area contributed by atoms with Crippen LogP contribution in [0, 0.1) is 0 Å². The molecule has 0 aliphatic carbocycles. The minimum Gasteiger partial charge on any atom is -0.457 e. The second-order valence-electron chi connectivity index (χ2n) is 7.75. The van der Waals surface area contributed by atoms with Crippen molar-refractivity contribution < 1.29 is 14.6 Å². The molecule has 1 atom stereocenters. The molecule has 5 heteroatoms. The number of fused-ring (bicyclic) bond motifs is 3. The van der Waals surface area contributed by atoms with Gasteiger partial charge in [0.1, 0.15) is 17.1 Å². The largest absolute Gasteiger partial charge is 0.457 e. The van der Waals surface area contributed by atoms with Crippen LogP contribution in [0.5, 0.6) is 11.5 Å². The van der Waals surface area contributed by atoms with Crippen LogP contribution in [0.3, 0.4) is 0 Å². The molecular weight excluding hydrogens is 394 g/mol. The molecule has 5 rings (SSSR count). The third-order valence-electron chi connectivity index (χ3n) is 5.51. The Labute approximate surface area is 178 Å². The molecule has 0 spiro atoms. The lowest BCUT2D eigenvalue weighted by Gasteiger charge is -2.29. The number of rotatable bonds is 4. The van der Waals surface area contributed by atoms with Crippen LogP contribution in [-0.2, 0) is 10.4 Å². The lowest BCUT2D eigenvalue weighted by atomic mass is 9.87. The van der Waals surface area contributed by atoms with Crippen molar-refractivity contribution in [2.75, 3.05) is 6.54 Å². The molecule has 4 aromatic rings. The van der Waals surface area contributed by atoms with E-state index in [0.717, 1.165) is 26.1 Å². The first kappa shape index (κ1) is 18.9. The van der Waals surface area contributed by atoms with Crippen molar-refractivity contribution in [2.45, 2.75) is 18.4 Å². The van der Waals surface area contributed by atoms with Gasteiger partial charge < -0.3 is 15.2 Å². The summed E-state index contributed by atoms with van der Waals surface area (Å²) in [6.07, 6.45) is 0. The number of para-hydroxylation sites is 2. The van der Waals surface area contributed by atoms with E-state index < -0.39 is 11.5 Å². The number of hydrogen-bond donors (Lipinski definition) is 2. The maximum Gasteiger partial charge on any atom is 0.232 e. The summed E-state index contributed by atoms with van der Waals surface area (Å²) in [4.78, 5) is 14.1. The number of ether oxygens (including phenoxy) is 1. The van der Waals surface area contributed by atoms with E-state index in [1.807, 2.05) is 78.9 Å². The van der Waals surface area contributed by atoms with Gasteiger partial charge in [-0.05, 0) is 36.6 Å². The van der Waals surface area contributed by atoms with E-state index in [0.29, 0.717) is 11.5 Å². The van der Waals surface area contributed by atoms with Crippen molar-refractivity contribution in [1.29, 1.82) is 0 Å². The van der Waals surface area contributed by atoms with Crippen LogP contribution >= 0.6 is 11.3 Å². The van der Waals surface area contributed by atoms with Gasteiger partial charge in [0.05, 0.1) is 12.5 Å². The third kappa shape index (κ3) is 3.26. The highest BCUT2D eigenvalue weighted by Crippen LogP contribution is 2.44. The Balaban J connectivity index is 1.41. The molecule has 1 aromatic heterocycles. The standard InChI is InChI=1S/C25H21NO3S/c1-25(28,22-14-16-8-2-7-13-21(16)30-22)15-26-24(27)23-17-9-3-5-11-19(17)29-20-12-6-4-10-18(20)23/h2-14,23,28H,15H2,1H3,(H,26,27). The van der Waals surface area contributed by atoms with Crippen molar-refractivity contribution in [2.24, 2.45) is 0 Å². The first-order valence-corrected chi connectivity index (χ1v) is 10.7. The number of carbonyl (C=O) groups is 1. The zero-order valence-corrected chi connectivity index (χ0v) is 17.3. The fourth-order valence-corrected chi connectivity index (χ4v) is 4.99. The van der Waals surface area contributed by atoms with Gasteiger partial charge in [-0.3, -0.25) is 4.79 Å². The van der Waals surface area contributed by atoms with E-state index >= 15 is 0 Å². The summed E-state index contributed by atoms with van der Waals surface area (Å²) in [6.45, 7) is 1.87. The maximum absolute atomic E-state index is 13.3. The number of hydrogen-bond acceptors (Lipinski definition) is 4. The summed E-state index contributed by atoms with van der Waals surface area (Å²) in [6, 6.07) is 25.2. The van der Waals surface area contributed by atoms with E-state index in [1.165, 1.54) is 0 Å². The number of benzene rings is 3. The van der Waals surface area contributed by atoms with Gasteiger partial charge >= 0.3 is 0 Å². The van der Waals surface area contributed by atoms with Crippen molar-refractivity contribution in [3.05, 3.63) is 94.9 Å². The van der Waals surface area contributed by atoms with Gasteiger partial charge in [0.25, 0.3) is 0 Å². The molecule has 0 bridgehead atoms. The molecule has 4 nitrogen and oxygen atoms in total. The Bertz CT molecular complexity index is 1170. The molecule has 0 saturated carbocycles. The van der Waals surface area contributed by atoms with Crippen LogP contribution in [0.1, 0.15) is 28.8 Å². The average molecular weight is 416 g/mol. The number of thiophene rings is 1. The molecule has 1 amide bonds. The van der Waals surface area contributed by atoms with Crippen molar-refractivity contribution in [3.8, 4) is 11.5 Å². The minimum absolute atomic E-state index is 0.125. The molecular formula is C25H21NO3S. The van der Waals surface area contributed by atoms with Crippen LogP contribution in [0.4, 0.5) is 0 Å². The average Bonchev–Trinajstić information content (AvgIpc) is 3.21. The predicted molar refractivity (Wildman–Crippen MR) is 119 cm³/mol. The topological polar surface area (TPSA) is 58.6 Å². The fourth-order valence-electron chi connectivity index (χ4n) is 3.89. The monoisotopic (exact) mass is 415 g/mol. The molecule has 30 heavy (non-hydrogen) atoms. The van der Waals surface area contributed by atoms with E-state index in [4.69, 9.17) is 4.74 Å². The summed E-state index contributed by atoms with van der Waals surface area (Å²) in [5.74, 6) is 0.740. The van der Waals surface area contributed by atoms with Crippen LogP contribution in [-0.4, -0.2) is 17.6 Å². The Morgan fingerprint density at radius 3 is 2.27 bits per heavy atom. The van der Waals surface area contributed by atoms with E-state index in [1.54, 1.807) is 18.3 Å². The molecule has 0 fully saturated rings. The minimum atomic E-state index is -1.16. The van der Waals surface area contributed by atoms with E-state index in [2.05, 4.69) is 5.32 Å². The summed E-state index contributed by atoms with van der Waals surface area (Å²) < 4.78 is 7.10. The van der Waals surface area contributed by atoms with Crippen LogP contribution in [0.15, 0.2) is 78.9 Å².